The van der Waals surface area contributed by atoms with Crippen LogP contribution in [0.5, 0.6) is 5.75 Å². The Kier molecular flexibility index (Phi) is 13.4. The third kappa shape index (κ3) is 11.0. The smallest absolute Gasteiger partial charge is 0.326 e. The Labute approximate surface area is 210 Å². The molecule has 3 amide bonds. The van der Waals surface area contributed by atoms with Gasteiger partial charge in [0.1, 0.15) is 29.9 Å². The molecule has 0 aliphatic rings. The number of amides is 3. The predicted molar refractivity (Wildman–Crippen MR) is 133 cm³/mol. The lowest BCUT2D eigenvalue weighted by Gasteiger charge is -2.25. The quantitative estimate of drug-likeness (QED) is 0.128. The Morgan fingerprint density at radius 2 is 1.44 bits per heavy atom. The van der Waals surface area contributed by atoms with Crippen molar-refractivity contribution in [2.75, 3.05) is 13.2 Å². The van der Waals surface area contributed by atoms with Crippen LogP contribution >= 0.6 is 0 Å². The normalized spacial score (nSPS) is 14.4. The highest BCUT2D eigenvalue weighted by molar-refractivity contribution is 5.94. The molecule has 1 rings (SSSR count). The third-order valence-electron chi connectivity index (χ3n) is 5.44. The maximum atomic E-state index is 13.1. The second-order valence-corrected chi connectivity index (χ2v) is 9.10. The second kappa shape index (κ2) is 15.7. The van der Waals surface area contributed by atoms with Gasteiger partial charge in [-0.05, 0) is 55.8 Å². The number of hydrogen-bond donors (Lipinski definition) is 8. The summed E-state index contributed by atoms with van der Waals surface area (Å²) in [5, 5.41) is 35.8. The summed E-state index contributed by atoms with van der Waals surface area (Å²) in [6, 6.07) is 1.40. The number of phenols is 1. The lowest BCUT2D eigenvalue weighted by Crippen LogP contribution is -2.58. The van der Waals surface area contributed by atoms with Crippen LogP contribution in [0, 0.1) is 5.92 Å². The molecular weight excluding hydrogens is 470 g/mol. The lowest BCUT2D eigenvalue weighted by atomic mass is 10.0. The van der Waals surface area contributed by atoms with E-state index >= 15 is 0 Å². The Hall–Kier alpha value is -3.22. The van der Waals surface area contributed by atoms with Crippen molar-refractivity contribution in [1.82, 2.24) is 16.0 Å². The van der Waals surface area contributed by atoms with Crippen molar-refractivity contribution in [3.05, 3.63) is 29.8 Å². The lowest BCUT2D eigenvalue weighted by molar-refractivity contribution is -0.142. The van der Waals surface area contributed by atoms with Crippen LogP contribution in [0.15, 0.2) is 24.3 Å². The van der Waals surface area contributed by atoms with Crippen LogP contribution in [-0.2, 0) is 25.6 Å². The van der Waals surface area contributed by atoms with Gasteiger partial charge in [-0.25, -0.2) is 4.79 Å². The van der Waals surface area contributed by atoms with Gasteiger partial charge in [-0.1, -0.05) is 26.0 Å². The minimum Gasteiger partial charge on any atom is -0.508 e. The van der Waals surface area contributed by atoms with E-state index in [1.165, 1.54) is 12.1 Å². The van der Waals surface area contributed by atoms with E-state index in [1.54, 1.807) is 12.1 Å². The highest BCUT2D eigenvalue weighted by atomic mass is 16.4. The van der Waals surface area contributed by atoms with Crippen LogP contribution in [0.4, 0.5) is 0 Å². The van der Waals surface area contributed by atoms with Crippen molar-refractivity contribution in [3.63, 3.8) is 0 Å². The van der Waals surface area contributed by atoms with Crippen molar-refractivity contribution in [1.29, 1.82) is 0 Å². The van der Waals surface area contributed by atoms with E-state index in [0.29, 0.717) is 24.9 Å². The fourth-order valence-electron chi connectivity index (χ4n) is 3.44. The summed E-state index contributed by atoms with van der Waals surface area (Å²) in [5.74, 6) is -3.28. The van der Waals surface area contributed by atoms with Crippen molar-refractivity contribution < 1.29 is 34.5 Å². The van der Waals surface area contributed by atoms with Crippen molar-refractivity contribution in [3.8, 4) is 5.75 Å². The Morgan fingerprint density at radius 3 is 1.97 bits per heavy atom. The Bertz CT molecular complexity index is 863. The molecule has 0 heterocycles. The molecule has 4 unspecified atom stereocenters. The van der Waals surface area contributed by atoms with E-state index in [-0.39, 0.29) is 30.9 Å². The minimum absolute atomic E-state index is 0.00517. The molecular formula is C24H39N5O7. The number of hydrogen-bond acceptors (Lipinski definition) is 8. The molecule has 0 radical (unpaired) electrons. The molecule has 12 heteroatoms. The number of unbranched alkanes of at least 4 members (excludes halogenated alkanes) is 1. The molecule has 12 nitrogen and oxygen atoms in total. The number of aliphatic hydroxyl groups excluding tert-OH is 1. The van der Waals surface area contributed by atoms with Crippen LogP contribution < -0.4 is 27.4 Å². The molecule has 1 aromatic rings. The largest absolute Gasteiger partial charge is 0.508 e. The highest BCUT2D eigenvalue weighted by Gasteiger charge is 2.30. The summed E-state index contributed by atoms with van der Waals surface area (Å²) in [4.78, 5) is 50.1. The molecule has 0 saturated heterocycles. The van der Waals surface area contributed by atoms with Gasteiger partial charge >= 0.3 is 5.97 Å². The molecule has 0 bridgehead atoms. The molecule has 4 atom stereocenters. The van der Waals surface area contributed by atoms with Crippen LogP contribution in [0.25, 0.3) is 0 Å². The van der Waals surface area contributed by atoms with Gasteiger partial charge in [0.15, 0.2) is 0 Å². The fourth-order valence-corrected chi connectivity index (χ4v) is 3.44. The third-order valence-corrected chi connectivity index (χ3v) is 5.44. The van der Waals surface area contributed by atoms with E-state index in [0.717, 1.165) is 0 Å². The maximum Gasteiger partial charge on any atom is 0.326 e. The molecule has 0 aliphatic heterocycles. The molecule has 0 aromatic heterocycles. The zero-order valence-corrected chi connectivity index (χ0v) is 20.8. The number of benzene rings is 1. The number of nitrogens with two attached hydrogens (primary N) is 2. The van der Waals surface area contributed by atoms with E-state index < -0.39 is 54.5 Å². The first kappa shape index (κ1) is 30.8. The first-order chi connectivity index (χ1) is 17.0. The van der Waals surface area contributed by atoms with Gasteiger partial charge < -0.3 is 42.7 Å². The number of rotatable bonds is 16. The summed E-state index contributed by atoms with van der Waals surface area (Å²) in [7, 11) is 0. The zero-order valence-electron chi connectivity index (χ0n) is 20.8. The van der Waals surface area contributed by atoms with Crippen molar-refractivity contribution >= 4 is 23.7 Å². The zero-order chi connectivity index (χ0) is 27.3. The van der Waals surface area contributed by atoms with Crippen LogP contribution in [0.1, 0.15) is 45.1 Å². The van der Waals surface area contributed by atoms with E-state index in [2.05, 4.69) is 16.0 Å². The number of aromatic hydroxyl groups is 1. The van der Waals surface area contributed by atoms with E-state index in [1.807, 2.05) is 13.8 Å². The number of phenolic OH excluding ortho intramolecular Hbond substituents is 1. The number of carboxylic acids is 1. The summed E-state index contributed by atoms with van der Waals surface area (Å²) >= 11 is 0. The first-order valence-electron chi connectivity index (χ1n) is 12.0. The van der Waals surface area contributed by atoms with E-state index in [9.17, 15) is 29.4 Å². The topological polar surface area (TPSA) is 217 Å². The molecule has 10 N–H and O–H groups in total. The van der Waals surface area contributed by atoms with Gasteiger partial charge in [-0.3, -0.25) is 14.4 Å². The Balaban J connectivity index is 3.14. The van der Waals surface area contributed by atoms with Gasteiger partial charge in [-0.2, -0.15) is 0 Å². The van der Waals surface area contributed by atoms with Gasteiger partial charge in [0, 0.05) is 6.42 Å². The summed E-state index contributed by atoms with van der Waals surface area (Å²) in [6.45, 7) is 3.42. The first-order valence-corrected chi connectivity index (χ1v) is 12.0. The summed E-state index contributed by atoms with van der Waals surface area (Å²) in [5.41, 5.74) is 11.7. The highest BCUT2D eigenvalue weighted by Crippen LogP contribution is 2.13. The molecule has 36 heavy (non-hydrogen) atoms. The standard InChI is InChI=1S/C24H39N5O7/c1-14(2)11-20(24(35)36)29-23(34)19(12-15-6-8-16(31)9-7-15)28-22(33)18(5-3-4-10-25)27-21(32)17(26)13-30/h6-9,14,17-20,30-31H,3-5,10-13,25-26H2,1-2H3,(H,27,32)(H,28,33)(H,29,34)(H,35,36). The average Bonchev–Trinajstić information content (AvgIpc) is 2.82. The minimum atomic E-state index is -1.22. The van der Waals surface area contributed by atoms with Gasteiger partial charge in [-0.15, -0.1) is 0 Å². The molecule has 0 aliphatic carbocycles. The summed E-state index contributed by atoms with van der Waals surface area (Å²) in [6.07, 6.45) is 1.51. The summed E-state index contributed by atoms with van der Waals surface area (Å²) < 4.78 is 0. The molecule has 202 valence electrons. The van der Waals surface area contributed by atoms with Crippen molar-refractivity contribution in [2.24, 2.45) is 17.4 Å². The number of aliphatic hydroxyl groups is 1. The van der Waals surface area contributed by atoms with E-state index in [4.69, 9.17) is 16.6 Å². The second-order valence-electron chi connectivity index (χ2n) is 9.10. The molecule has 0 fully saturated rings. The number of carbonyl (C=O) groups excluding carboxylic acids is 3. The van der Waals surface area contributed by atoms with Gasteiger partial charge in [0.2, 0.25) is 17.7 Å². The fraction of sp³-hybridized carbons (Fsp3) is 0.583. The Morgan fingerprint density at radius 1 is 0.889 bits per heavy atom. The van der Waals surface area contributed by atoms with Crippen LogP contribution in [0.2, 0.25) is 0 Å². The number of aliphatic carboxylic acids is 1. The van der Waals surface area contributed by atoms with Crippen molar-refractivity contribution in [2.45, 2.75) is 70.1 Å². The predicted octanol–water partition coefficient (Wildman–Crippen LogP) is -1.03. The molecule has 1 aromatic carbocycles. The van der Waals surface area contributed by atoms with Crippen LogP contribution in [0.3, 0.4) is 0 Å². The van der Waals surface area contributed by atoms with Gasteiger partial charge in [0.05, 0.1) is 6.61 Å². The molecule has 0 saturated carbocycles. The monoisotopic (exact) mass is 509 g/mol. The van der Waals surface area contributed by atoms with Crippen LogP contribution in [-0.4, -0.2) is 76.3 Å². The SMILES string of the molecule is CC(C)CC(NC(=O)C(Cc1ccc(O)cc1)NC(=O)C(CCCCN)NC(=O)C(N)CO)C(=O)O. The number of carbonyl (C=O) groups is 4. The number of nitrogens with one attached hydrogen (secondary N) is 3. The average molecular weight is 510 g/mol. The molecule has 0 spiro atoms. The maximum absolute atomic E-state index is 13.1. The van der Waals surface area contributed by atoms with Gasteiger partial charge in [0.25, 0.3) is 0 Å². The number of carboxylic acid groups (broad SMARTS) is 1.